The topological polar surface area (TPSA) is 449 Å². The zero-order valence-corrected chi connectivity index (χ0v) is 66.2. The summed E-state index contributed by atoms with van der Waals surface area (Å²) in [5.74, 6) is -15.5. The predicted octanol–water partition coefficient (Wildman–Crippen LogP) is 3.45. The molecule has 2 aliphatic heterocycles. The number of methoxy groups -OCH3 is 1. The van der Waals surface area contributed by atoms with E-state index in [-0.39, 0.29) is 69.3 Å². The molecule has 0 saturated carbocycles. The van der Waals surface area contributed by atoms with Crippen molar-refractivity contribution < 1.29 is 110 Å². The highest BCUT2D eigenvalue weighted by atomic mass is 16.7. The number of hydrogen-bond acceptors (Lipinski definition) is 23. The van der Waals surface area contributed by atoms with Crippen LogP contribution in [0, 0.1) is 29.6 Å². The monoisotopic (exact) mass is 1560 g/mol. The molecule has 1 saturated heterocycles. The van der Waals surface area contributed by atoms with Gasteiger partial charge in [0.15, 0.2) is 18.2 Å². The Morgan fingerprint density at radius 2 is 1.36 bits per heavy atom. The first-order valence-corrected chi connectivity index (χ1v) is 37.0. The molecule has 2 aromatic carbocycles. The summed E-state index contributed by atoms with van der Waals surface area (Å²) in [6.45, 7) is 21.5. The predicted molar refractivity (Wildman–Crippen MR) is 401 cm³/mol. The van der Waals surface area contributed by atoms with E-state index in [4.69, 9.17) is 38.9 Å². The molecule has 0 aliphatic carbocycles. The number of nitrogens with zero attached hydrogens (tertiary/aromatic N) is 4. The lowest BCUT2D eigenvalue weighted by Gasteiger charge is -2.38. The normalized spacial score (nSPS) is 21.0. The van der Waals surface area contributed by atoms with Gasteiger partial charge in [0.05, 0.1) is 25.9 Å². The number of Topliss-reactive ketones (excluding diaryl/α,β-unsaturated/α-hetero) is 1. The lowest BCUT2D eigenvalue weighted by atomic mass is 9.88. The van der Waals surface area contributed by atoms with E-state index >= 15 is 9.59 Å². The summed E-state index contributed by atoms with van der Waals surface area (Å²) in [6.07, 6.45) is -6.26. The number of amides is 12. The minimum Gasteiger partial charge on any atom is -0.459 e. The third-order valence-corrected chi connectivity index (χ3v) is 19.0. The molecule has 1 fully saturated rings. The SMILES string of the molecule is C=C1C(=O)N[C@@H](C)C(=O)N(C)[C@@H](C)C(=O)N[C@@H]([C@H](OC(=O)[C@@H](CC(=O)CC)[C@H](OC(=O)OCc2ccc(NC(=O)[C@H](CCCNC(N)=O)CC[C@@H](NC(=O)CCOCCN3C(=O)C=CC3=O)C(C)C)cc2)C(C)C)C(C)C)C(=O)N(C)[C@@H]([C@@H](C)OC)C(=O)O[C@H](C)[C@H](NC(C)=O)C(=O)O[C@H](Cc2ccccc2)C(=O)N1C. The van der Waals surface area contributed by atoms with Gasteiger partial charge >= 0.3 is 30.1 Å². The first-order valence-electron chi connectivity index (χ1n) is 37.0. The molecule has 111 heavy (non-hydrogen) atoms. The van der Waals surface area contributed by atoms with Crippen LogP contribution < -0.4 is 37.6 Å². The molecule has 0 unspecified atom stereocenters. The number of rotatable bonds is 34. The number of carbonyl (C=O) groups is 16. The number of cyclic esters (lactones) is 2. The number of primary amides is 1. The number of nitrogens with one attached hydrogen (secondary N) is 6. The fourth-order valence-electron chi connectivity index (χ4n) is 12.1. The minimum absolute atomic E-state index is 0.000827. The van der Waals surface area contributed by atoms with Gasteiger partial charge in [0.2, 0.25) is 35.4 Å². The molecule has 2 heterocycles. The smallest absolute Gasteiger partial charge is 0.459 e. The van der Waals surface area contributed by atoms with Crippen molar-refractivity contribution >= 4 is 101 Å². The number of esters is 3. The molecule has 612 valence electrons. The van der Waals surface area contributed by atoms with Crippen LogP contribution in [0.2, 0.25) is 0 Å². The second-order valence-corrected chi connectivity index (χ2v) is 28.5. The van der Waals surface area contributed by atoms with Crippen LogP contribution in [0.5, 0.6) is 0 Å². The summed E-state index contributed by atoms with van der Waals surface area (Å²) in [7, 11) is 4.74. The number of likely N-dealkylation sites (N-methyl/N-ethyl adjacent to an activating group) is 3. The Morgan fingerprint density at radius 1 is 0.721 bits per heavy atom. The maximum atomic E-state index is 15.5. The zero-order valence-electron chi connectivity index (χ0n) is 66.2. The number of urea groups is 1. The van der Waals surface area contributed by atoms with Crippen molar-refractivity contribution in [2.45, 2.75) is 208 Å². The number of imide groups is 1. The van der Waals surface area contributed by atoms with E-state index < -0.39 is 186 Å². The summed E-state index contributed by atoms with van der Waals surface area (Å²) >= 11 is 0. The van der Waals surface area contributed by atoms with Gasteiger partial charge < -0.3 is 85.5 Å². The Hall–Kier alpha value is -10.6. The first kappa shape index (κ1) is 92.7. The summed E-state index contributed by atoms with van der Waals surface area (Å²) in [5, 5.41) is 15.9. The first-order chi connectivity index (χ1) is 52.2. The Bertz CT molecular complexity index is 3650. The number of ether oxygens (including phenoxy) is 7. The van der Waals surface area contributed by atoms with Crippen molar-refractivity contribution in [2.75, 3.05) is 59.9 Å². The average Bonchev–Trinajstić information content (AvgIpc) is 1.70. The molecule has 0 bridgehead atoms. The van der Waals surface area contributed by atoms with E-state index in [0.717, 1.165) is 33.6 Å². The zero-order chi connectivity index (χ0) is 83.3. The molecule has 12 amide bonds. The van der Waals surface area contributed by atoms with Gasteiger partial charge in [-0.2, -0.15) is 0 Å². The number of benzene rings is 2. The fourth-order valence-corrected chi connectivity index (χ4v) is 12.1. The Morgan fingerprint density at radius 3 is 1.94 bits per heavy atom. The number of carbonyl (C=O) groups excluding carboxylic acids is 16. The highest BCUT2D eigenvalue weighted by Gasteiger charge is 2.47. The molecular weight excluding hydrogens is 1450 g/mol. The van der Waals surface area contributed by atoms with Crippen molar-refractivity contribution in [3.05, 3.63) is 90.2 Å². The van der Waals surface area contributed by atoms with Crippen molar-refractivity contribution in [3.8, 4) is 0 Å². The van der Waals surface area contributed by atoms with E-state index in [1.165, 1.54) is 81.8 Å². The van der Waals surface area contributed by atoms with Crippen LogP contribution in [-0.2, 0) is 113 Å². The van der Waals surface area contributed by atoms with E-state index in [1.807, 2.05) is 13.8 Å². The number of hydrogen-bond donors (Lipinski definition) is 7. The highest BCUT2D eigenvalue weighted by Crippen LogP contribution is 2.29. The second-order valence-electron chi connectivity index (χ2n) is 28.5. The van der Waals surface area contributed by atoms with Gasteiger partial charge in [-0.1, -0.05) is 97.5 Å². The second kappa shape index (κ2) is 44.9. The maximum Gasteiger partial charge on any atom is 0.508 e. The maximum absolute atomic E-state index is 15.5. The lowest BCUT2D eigenvalue weighted by Crippen LogP contribution is -2.63. The van der Waals surface area contributed by atoms with Gasteiger partial charge in [-0.3, -0.25) is 62.4 Å². The molecule has 34 heteroatoms. The molecule has 8 N–H and O–H groups in total. The number of nitrogens with two attached hydrogens (primary N) is 1. The van der Waals surface area contributed by atoms with Crippen LogP contribution in [0.25, 0.3) is 0 Å². The van der Waals surface area contributed by atoms with Gasteiger partial charge in [-0.25, -0.2) is 19.2 Å². The Balaban J connectivity index is 1.63. The van der Waals surface area contributed by atoms with Crippen LogP contribution >= 0.6 is 0 Å². The molecule has 0 spiro atoms. The molecule has 0 radical (unpaired) electrons. The number of ketones is 1. The molecule has 4 rings (SSSR count). The van der Waals surface area contributed by atoms with Gasteiger partial charge in [-0.05, 0) is 94.4 Å². The Kier molecular flexibility index (Phi) is 37.5. The van der Waals surface area contributed by atoms with Crippen LogP contribution in [0.4, 0.5) is 15.3 Å². The van der Waals surface area contributed by atoms with E-state index in [1.54, 1.807) is 68.4 Å². The Labute approximate surface area is 647 Å². The van der Waals surface area contributed by atoms with E-state index in [2.05, 4.69) is 38.5 Å². The molecule has 0 aromatic heterocycles. The van der Waals surface area contributed by atoms with Crippen molar-refractivity contribution in [3.63, 3.8) is 0 Å². The van der Waals surface area contributed by atoms with Gasteiger partial charge in [0.1, 0.15) is 60.4 Å². The summed E-state index contributed by atoms with van der Waals surface area (Å²) in [5.41, 5.74) is 6.05. The summed E-state index contributed by atoms with van der Waals surface area (Å²) in [4.78, 5) is 223. The largest absolute Gasteiger partial charge is 0.508 e. The third-order valence-electron chi connectivity index (χ3n) is 19.0. The average molecular weight is 1560 g/mol. The summed E-state index contributed by atoms with van der Waals surface area (Å²) < 4.78 is 40.5. The quantitative estimate of drug-likeness (QED) is 0.0173. The molecule has 13 atom stereocenters. The van der Waals surface area contributed by atoms with Crippen molar-refractivity contribution in [2.24, 2.45) is 35.3 Å². The van der Waals surface area contributed by atoms with E-state index in [0.29, 0.717) is 42.5 Å². The molecule has 34 nitrogen and oxygen atoms in total. The van der Waals surface area contributed by atoms with Crippen LogP contribution in [-0.4, -0.2) is 236 Å². The van der Waals surface area contributed by atoms with Crippen molar-refractivity contribution in [1.82, 2.24) is 46.2 Å². The number of anilines is 1. The van der Waals surface area contributed by atoms with Crippen LogP contribution in [0.15, 0.2) is 79.0 Å². The molecule has 2 aromatic rings. The fraction of sp³-hybridized carbons (Fsp3) is 0.584. The highest BCUT2D eigenvalue weighted by molar-refractivity contribution is 6.13. The van der Waals surface area contributed by atoms with Gasteiger partial charge in [0.25, 0.3) is 23.6 Å². The van der Waals surface area contributed by atoms with E-state index in [9.17, 15) is 67.1 Å². The van der Waals surface area contributed by atoms with Gasteiger partial charge in [-0.15, -0.1) is 0 Å². The molecular formula is C77H111N11O23. The van der Waals surface area contributed by atoms with Crippen molar-refractivity contribution in [1.29, 1.82) is 0 Å². The summed E-state index contributed by atoms with van der Waals surface area (Å²) in [6, 6.07) is 4.94. The minimum atomic E-state index is -1.99. The standard InChI is InChI=1S/C77H111N11O23/c1-18-55(90)40-56(65(43(4)5)111-77(104)107-41-52-26-29-54(30-27-52)82-69(96)53(25-22-35-79-76(78)103)28-31-57(42(2)3)83-59(91)34-37-106-38-36-88-60(92)32-33-61(88)93)73(100)110-66(44(6)7)63-72(99)87(16)64(49(12)105-17)75(102)108-48(11)62(81-50(13)89)74(101)109-58(39-51-23-20-19-21-24-51)71(98)86(15)46(9)67(94)80-45(8)70(97)85(14)47(10)68(95)84-63/h19-21,23-24,26-27,29-30,32-33,42-45,47-49,53,56-58,62-66H,9,18,22,25,28,31,34-41H2,1-8,10-17H3,(H,80,94)(H,81,89)(H,82,96)(H,83,91)(H,84,95)(H3,78,79,103)/t45-,47-,48+,49+,53+,56-,57+,58+,62-,63-,64-,65+,66+/m0/s1. The van der Waals surface area contributed by atoms with Crippen LogP contribution in [0.1, 0.15) is 139 Å². The van der Waals surface area contributed by atoms with Crippen LogP contribution in [0.3, 0.4) is 0 Å². The third kappa shape index (κ3) is 28.6. The van der Waals surface area contributed by atoms with Gasteiger partial charge in [0, 0.05) is 97.2 Å². The molecule has 2 aliphatic rings. The lowest BCUT2D eigenvalue weighted by molar-refractivity contribution is -0.175.